The molecule has 0 atom stereocenters. The summed E-state index contributed by atoms with van der Waals surface area (Å²) in [7, 11) is 0. The van der Waals surface area contributed by atoms with Crippen molar-refractivity contribution in [3.8, 4) is 17.0 Å². The minimum Gasteiger partial charge on any atom is -0.406 e. The average Bonchev–Trinajstić information content (AvgIpc) is 3.31. The molecule has 1 aliphatic rings. The molecular weight excluding hydrogens is 349 g/mol. The second-order valence-corrected chi connectivity index (χ2v) is 6.15. The van der Waals surface area contributed by atoms with Gasteiger partial charge in [0.1, 0.15) is 12.4 Å². The predicted molar refractivity (Wildman–Crippen MR) is 85.4 cm³/mol. The highest BCUT2D eigenvalue weighted by molar-refractivity contribution is 5.65. The van der Waals surface area contributed by atoms with Crippen LogP contribution in [-0.4, -0.2) is 32.0 Å². The third-order valence-electron chi connectivity index (χ3n) is 4.04. The van der Waals surface area contributed by atoms with Gasteiger partial charge in [-0.3, -0.25) is 9.38 Å². The van der Waals surface area contributed by atoms with Crippen LogP contribution in [0.25, 0.3) is 16.9 Å². The Balaban J connectivity index is 1.64. The van der Waals surface area contributed by atoms with E-state index in [1.54, 1.807) is 29.8 Å². The minimum atomic E-state index is -4.72. The van der Waals surface area contributed by atoms with Crippen LogP contribution < -0.4 is 4.74 Å². The highest BCUT2D eigenvalue weighted by Gasteiger charge is 2.31. The van der Waals surface area contributed by atoms with Crippen LogP contribution in [0.4, 0.5) is 13.2 Å². The summed E-state index contributed by atoms with van der Waals surface area (Å²) in [5.74, 6) is 0.396. The Labute approximate surface area is 146 Å². The van der Waals surface area contributed by atoms with E-state index in [1.165, 1.54) is 12.1 Å². The number of aromatic nitrogens is 4. The second kappa shape index (κ2) is 6.24. The van der Waals surface area contributed by atoms with Gasteiger partial charge in [0.2, 0.25) is 0 Å². The number of fused-ring (bicyclic) bond motifs is 1. The van der Waals surface area contributed by atoms with E-state index in [9.17, 15) is 13.2 Å². The van der Waals surface area contributed by atoms with Crippen LogP contribution in [-0.2, 0) is 11.3 Å². The summed E-state index contributed by atoms with van der Waals surface area (Å²) in [6.07, 6.45) is 1.04. The number of ether oxygens (including phenoxy) is 2. The third-order valence-corrected chi connectivity index (χ3v) is 4.04. The van der Waals surface area contributed by atoms with Crippen LogP contribution in [0.3, 0.4) is 0 Å². The Morgan fingerprint density at radius 1 is 1.23 bits per heavy atom. The molecule has 6 nitrogen and oxygen atoms in total. The largest absolute Gasteiger partial charge is 0.573 e. The quantitative estimate of drug-likeness (QED) is 0.691. The number of hydrogen-bond donors (Lipinski definition) is 0. The Morgan fingerprint density at radius 2 is 2.04 bits per heavy atom. The molecule has 0 saturated heterocycles. The van der Waals surface area contributed by atoms with E-state index in [0.29, 0.717) is 41.0 Å². The van der Waals surface area contributed by atoms with Gasteiger partial charge in [-0.05, 0) is 43.5 Å². The zero-order chi connectivity index (χ0) is 18.3. The molecule has 0 bridgehead atoms. The molecule has 9 heteroatoms. The molecule has 0 N–H and O–H groups in total. The van der Waals surface area contributed by atoms with Gasteiger partial charge in [-0.15, -0.1) is 23.4 Å². The first-order chi connectivity index (χ1) is 12.4. The SMILES string of the molecule is Cc1cc(OC(F)(F)F)ccc1-c1cn2c(COC3CC3)nnc2cn1. The number of rotatable bonds is 5. The van der Waals surface area contributed by atoms with Crippen LogP contribution in [0, 0.1) is 6.92 Å². The molecule has 3 aromatic rings. The molecule has 2 heterocycles. The maximum atomic E-state index is 12.4. The van der Waals surface area contributed by atoms with Crippen molar-refractivity contribution in [2.75, 3.05) is 0 Å². The van der Waals surface area contributed by atoms with Gasteiger partial charge in [-0.25, -0.2) is 0 Å². The summed E-state index contributed by atoms with van der Waals surface area (Å²) in [6, 6.07) is 4.15. The Kier molecular flexibility index (Phi) is 4.03. The van der Waals surface area contributed by atoms with Crippen molar-refractivity contribution in [3.63, 3.8) is 0 Å². The number of benzene rings is 1. The lowest BCUT2D eigenvalue weighted by molar-refractivity contribution is -0.274. The molecule has 0 spiro atoms. The summed E-state index contributed by atoms with van der Waals surface area (Å²) >= 11 is 0. The molecule has 0 radical (unpaired) electrons. The Hall–Kier alpha value is -2.68. The summed E-state index contributed by atoms with van der Waals surface area (Å²) in [5.41, 5.74) is 2.49. The second-order valence-electron chi connectivity index (χ2n) is 6.15. The molecular formula is C17H15F3N4O2. The van der Waals surface area contributed by atoms with Gasteiger partial charge in [-0.2, -0.15) is 0 Å². The lowest BCUT2D eigenvalue weighted by Gasteiger charge is -2.11. The highest BCUT2D eigenvalue weighted by atomic mass is 19.4. The molecule has 26 heavy (non-hydrogen) atoms. The number of aryl methyl sites for hydroxylation is 1. The fraction of sp³-hybridized carbons (Fsp3) is 0.353. The zero-order valence-corrected chi connectivity index (χ0v) is 13.8. The molecule has 136 valence electrons. The average molecular weight is 364 g/mol. The van der Waals surface area contributed by atoms with Crippen LogP contribution in [0.1, 0.15) is 24.2 Å². The topological polar surface area (TPSA) is 61.5 Å². The first kappa shape index (κ1) is 16.8. The van der Waals surface area contributed by atoms with E-state index in [2.05, 4.69) is 19.9 Å². The number of hydrogen-bond acceptors (Lipinski definition) is 5. The van der Waals surface area contributed by atoms with Crippen LogP contribution in [0.5, 0.6) is 5.75 Å². The van der Waals surface area contributed by atoms with Gasteiger partial charge >= 0.3 is 6.36 Å². The Morgan fingerprint density at radius 3 is 2.73 bits per heavy atom. The normalized spacial score (nSPS) is 14.8. The van der Waals surface area contributed by atoms with E-state index in [1.807, 2.05) is 0 Å². The van der Waals surface area contributed by atoms with Crippen molar-refractivity contribution in [3.05, 3.63) is 42.0 Å². The van der Waals surface area contributed by atoms with Crippen LogP contribution in [0.2, 0.25) is 0 Å². The van der Waals surface area contributed by atoms with Gasteiger partial charge in [0.15, 0.2) is 11.5 Å². The maximum Gasteiger partial charge on any atom is 0.573 e. The molecule has 0 aliphatic heterocycles. The minimum absolute atomic E-state index is 0.261. The summed E-state index contributed by atoms with van der Waals surface area (Å²) in [5, 5.41) is 8.16. The molecule has 1 aromatic carbocycles. The number of nitrogens with zero attached hydrogens (tertiary/aromatic N) is 4. The van der Waals surface area contributed by atoms with Gasteiger partial charge in [0.25, 0.3) is 0 Å². The van der Waals surface area contributed by atoms with Gasteiger partial charge in [-0.1, -0.05) is 0 Å². The van der Waals surface area contributed by atoms with E-state index >= 15 is 0 Å². The van der Waals surface area contributed by atoms with E-state index in [4.69, 9.17) is 4.74 Å². The number of halogens is 3. The monoisotopic (exact) mass is 364 g/mol. The molecule has 0 unspecified atom stereocenters. The lowest BCUT2D eigenvalue weighted by Crippen LogP contribution is -2.17. The lowest BCUT2D eigenvalue weighted by atomic mass is 10.1. The maximum absolute atomic E-state index is 12.4. The smallest absolute Gasteiger partial charge is 0.406 e. The fourth-order valence-electron chi connectivity index (χ4n) is 2.63. The van der Waals surface area contributed by atoms with Crippen molar-refractivity contribution in [1.29, 1.82) is 0 Å². The van der Waals surface area contributed by atoms with Crippen LogP contribution >= 0.6 is 0 Å². The molecule has 1 aliphatic carbocycles. The van der Waals surface area contributed by atoms with Gasteiger partial charge in [0.05, 0.1) is 18.0 Å². The van der Waals surface area contributed by atoms with Gasteiger partial charge in [0, 0.05) is 11.8 Å². The summed E-state index contributed by atoms with van der Waals surface area (Å²) in [6.45, 7) is 2.06. The molecule has 2 aromatic heterocycles. The zero-order valence-electron chi connectivity index (χ0n) is 13.8. The highest BCUT2D eigenvalue weighted by Crippen LogP contribution is 2.29. The van der Waals surface area contributed by atoms with Crippen molar-refractivity contribution >= 4 is 5.65 Å². The van der Waals surface area contributed by atoms with E-state index < -0.39 is 6.36 Å². The summed E-state index contributed by atoms with van der Waals surface area (Å²) < 4.78 is 48.5. The van der Waals surface area contributed by atoms with Crippen molar-refractivity contribution < 1.29 is 22.6 Å². The van der Waals surface area contributed by atoms with Gasteiger partial charge < -0.3 is 9.47 Å². The van der Waals surface area contributed by atoms with Crippen molar-refractivity contribution in [2.45, 2.75) is 38.8 Å². The standard InChI is InChI=1S/C17H15F3N4O2/c1-10-6-12(26-17(18,19)20)4-5-13(10)14-8-24-15(7-21-14)22-23-16(24)9-25-11-2-3-11/h4-8,11H,2-3,9H2,1H3. The molecule has 4 rings (SSSR count). The first-order valence-electron chi connectivity index (χ1n) is 8.07. The molecule has 1 fully saturated rings. The van der Waals surface area contributed by atoms with E-state index in [-0.39, 0.29) is 5.75 Å². The van der Waals surface area contributed by atoms with E-state index in [0.717, 1.165) is 12.8 Å². The molecule has 0 amide bonds. The number of alkyl halides is 3. The fourth-order valence-corrected chi connectivity index (χ4v) is 2.63. The van der Waals surface area contributed by atoms with Crippen molar-refractivity contribution in [1.82, 2.24) is 19.6 Å². The molecule has 1 saturated carbocycles. The first-order valence-corrected chi connectivity index (χ1v) is 8.07. The van der Waals surface area contributed by atoms with Crippen molar-refractivity contribution in [2.24, 2.45) is 0 Å². The third kappa shape index (κ3) is 3.62. The Bertz CT molecular complexity index is 951. The summed E-state index contributed by atoms with van der Waals surface area (Å²) in [4.78, 5) is 4.34. The van der Waals surface area contributed by atoms with Crippen LogP contribution in [0.15, 0.2) is 30.6 Å². The predicted octanol–water partition coefficient (Wildman–Crippen LogP) is 3.68.